The lowest BCUT2D eigenvalue weighted by Gasteiger charge is -2.04. The maximum Gasteiger partial charge on any atom is 0.372 e. The number of nitro groups is 1. The lowest BCUT2D eigenvalue weighted by molar-refractivity contribution is -0.389. The molecule has 0 fully saturated rings. The summed E-state index contributed by atoms with van der Waals surface area (Å²) in [7, 11) is 0. The zero-order valence-corrected chi connectivity index (χ0v) is 12.0. The summed E-state index contributed by atoms with van der Waals surface area (Å²) < 4.78 is 3.51. The van der Waals surface area contributed by atoms with Crippen LogP contribution >= 0.6 is 11.3 Å². The van der Waals surface area contributed by atoms with E-state index in [1.165, 1.54) is 15.7 Å². The van der Waals surface area contributed by atoms with Crippen LogP contribution in [0.4, 0.5) is 11.6 Å². The third-order valence-electron chi connectivity index (χ3n) is 3.10. The molecule has 0 amide bonds. The van der Waals surface area contributed by atoms with Crippen LogP contribution in [-0.2, 0) is 6.54 Å². The van der Waals surface area contributed by atoms with Crippen molar-refractivity contribution in [3.05, 3.63) is 40.4 Å². The molecule has 0 aliphatic heterocycles. The van der Waals surface area contributed by atoms with Gasteiger partial charge in [0.25, 0.3) is 4.96 Å². The molecule has 21 heavy (non-hydrogen) atoms. The molecule has 0 spiro atoms. The van der Waals surface area contributed by atoms with E-state index in [9.17, 15) is 10.1 Å². The molecule has 0 aliphatic carbocycles. The number of aryl methyl sites for hydroxylation is 1. The van der Waals surface area contributed by atoms with Crippen molar-refractivity contribution in [1.82, 2.24) is 18.9 Å². The maximum atomic E-state index is 11.1. The van der Waals surface area contributed by atoms with Crippen LogP contribution in [0.3, 0.4) is 0 Å². The summed E-state index contributed by atoms with van der Waals surface area (Å²) in [6.07, 6.45) is 8.98. The number of aromatic nitrogens is 4. The lowest BCUT2D eigenvalue weighted by Crippen LogP contribution is -2.06. The van der Waals surface area contributed by atoms with Crippen LogP contribution in [0.5, 0.6) is 0 Å². The third-order valence-corrected chi connectivity index (χ3v) is 3.86. The first-order valence-corrected chi connectivity index (χ1v) is 7.43. The zero-order valence-electron chi connectivity index (χ0n) is 11.2. The van der Waals surface area contributed by atoms with Crippen LogP contribution in [0.2, 0.25) is 0 Å². The molecule has 9 heteroatoms. The highest BCUT2D eigenvalue weighted by Gasteiger charge is 2.22. The van der Waals surface area contributed by atoms with E-state index in [0.29, 0.717) is 17.3 Å². The van der Waals surface area contributed by atoms with E-state index in [4.69, 9.17) is 0 Å². The highest BCUT2D eigenvalue weighted by molar-refractivity contribution is 7.15. The second-order valence-corrected chi connectivity index (χ2v) is 5.40. The Morgan fingerprint density at radius 3 is 3.05 bits per heavy atom. The van der Waals surface area contributed by atoms with Gasteiger partial charge in [0.05, 0.1) is 6.33 Å². The molecule has 110 valence electrons. The second-order valence-electron chi connectivity index (χ2n) is 4.53. The topological polar surface area (TPSA) is 90.3 Å². The number of imidazole rings is 2. The normalized spacial score (nSPS) is 11.0. The smallest absolute Gasteiger partial charge is 0.363 e. The molecular weight excluding hydrogens is 292 g/mol. The molecule has 0 aliphatic rings. The number of nitrogens with one attached hydrogen (secondary N) is 1. The largest absolute Gasteiger partial charge is 0.372 e. The van der Waals surface area contributed by atoms with Crippen molar-refractivity contribution in [1.29, 1.82) is 0 Å². The van der Waals surface area contributed by atoms with Crippen molar-refractivity contribution in [2.45, 2.75) is 19.4 Å². The molecule has 3 aromatic heterocycles. The lowest BCUT2D eigenvalue weighted by atomic mass is 10.3. The molecular formula is C12H14N6O2S. The number of rotatable bonds is 7. The van der Waals surface area contributed by atoms with Crippen LogP contribution in [0.25, 0.3) is 4.96 Å². The van der Waals surface area contributed by atoms with Gasteiger partial charge in [-0.25, -0.2) is 4.98 Å². The van der Waals surface area contributed by atoms with Gasteiger partial charge in [0.2, 0.25) is 5.82 Å². The molecule has 0 saturated carbocycles. The Morgan fingerprint density at radius 1 is 1.38 bits per heavy atom. The molecule has 0 unspecified atom stereocenters. The number of fused-ring (bicyclic) bond motifs is 1. The molecule has 3 heterocycles. The van der Waals surface area contributed by atoms with Gasteiger partial charge < -0.3 is 20.0 Å². The monoisotopic (exact) mass is 306 g/mol. The summed E-state index contributed by atoms with van der Waals surface area (Å²) in [5.41, 5.74) is 0. The number of anilines is 1. The Morgan fingerprint density at radius 2 is 2.29 bits per heavy atom. The van der Waals surface area contributed by atoms with Crippen LogP contribution in [0.1, 0.15) is 12.8 Å². The van der Waals surface area contributed by atoms with Gasteiger partial charge in [0.15, 0.2) is 0 Å². The first-order chi connectivity index (χ1) is 10.3. The highest BCUT2D eigenvalue weighted by atomic mass is 32.1. The molecule has 0 saturated heterocycles. The first-order valence-electron chi connectivity index (χ1n) is 6.55. The van der Waals surface area contributed by atoms with E-state index in [-0.39, 0.29) is 5.82 Å². The molecule has 8 nitrogen and oxygen atoms in total. The molecule has 3 rings (SSSR count). The van der Waals surface area contributed by atoms with Crippen molar-refractivity contribution < 1.29 is 4.92 Å². The summed E-state index contributed by atoms with van der Waals surface area (Å²) in [6.45, 7) is 1.54. The maximum absolute atomic E-state index is 11.1. The fourth-order valence-electron chi connectivity index (χ4n) is 2.11. The Balaban J connectivity index is 1.56. The van der Waals surface area contributed by atoms with Gasteiger partial charge in [-0.2, -0.15) is 9.38 Å². The number of hydrogen-bond acceptors (Lipinski definition) is 6. The van der Waals surface area contributed by atoms with Crippen molar-refractivity contribution in [2.75, 3.05) is 11.9 Å². The van der Waals surface area contributed by atoms with Crippen molar-refractivity contribution in [2.24, 2.45) is 0 Å². The number of nitrogens with zero attached hydrogens (tertiary/aromatic N) is 5. The predicted molar refractivity (Wildman–Crippen MR) is 79.7 cm³/mol. The summed E-state index contributed by atoms with van der Waals surface area (Å²) in [4.78, 5) is 19.6. The van der Waals surface area contributed by atoms with Crippen LogP contribution in [0.15, 0.2) is 30.3 Å². The van der Waals surface area contributed by atoms with Crippen LogP contribution in [-0.4, -0.2) is 30.4 Å². The number of unbranched alkanes of at least 4 members (excludes halogenated alkanes) is 1. The van der Waals surface area contributed by atoms with E-state index in [2.05, 4.69) is 15.3 Å². The van der Waals surface area contributed by atoms with Gasteiger partial charge in [-0.05, 0) is 17.8 Å². The van der Waals surface area contributed by atoms with E-state index in [0.717, 1.165) is 19.4 Å². The number of thiazole rings is 1. The molecule has 3 aromatic rings. The average Bonchev–Trinajstić information content (AvgIpc) is 3.13. The van der Waals surface area contributed by atoms with Gasteiger partial charge >= 0.3 is 5.82 Å². The predicted octanol–water partition coefficient (Wildman–Crippen LogP) is 2.39. The quantitative estimate of drug-likeness (QED) is 0.411. The third kappa shape index (κ3) is 2.87. The van der Waals surface area contributed by atoms with Gasteiger partial charge in [0.1, 0.15) is 6.20 Å². The summed E-state index contributed by atoms with van der Waals surface area (Å²) >= 11 is 1.38. The summed E-state index contributed by atoms with van der Waals surface area (Å²) in [5, 5.41) is 16.0. The Bertz CT molecular complexity index is 732. The van der Waals surface area contributed by atoms with E-state index >= 15 is 0 Å². The Hall–Kier alpha value is -2.42. The number of hydrogen-bond donors (Lipinski definition) is 1. The standard InChI is InChI=1S/C12H14N6O2S/c19-18(20)11-10(15-12-17(11)7-8-21-12)14-3-1-2-5-16-6-4-13-9-16/h4,6-9,14H,1-3,5H2. The molecule has 0 aromatic carbocycles. The van der Waals surface area contributed by atoms with Gasteiger partial charge in [-0.15, -0.1) is 0 Å². The van der Waals surface area contributed by atoms with E-state index < -0.39 is 4.92 Å². The Kier molecular flexibility index (Phi) is 3.82. The summed E-state index contributed by atoms with van der Waals surface area (Å²) in [5.74, 6) is 0.343. The SMILES string of the molecule is O=[N+]([O-])c1c(NCCCCn2ccnc2)nc2sccn12. The fraction of sp³-hybridized carbons (Fsp3) is 0.333. The van der Waals surface area contributed by atoms with Gasteiger partial charge in [-0.1, -0.05) is 11.3 Å². The Labute approximate surface area is 124 Å². The summed E-state index contributed by atoms with van der Waals surface area (Å²) in [6, 6.07) is 0. The zero-order chi connectivity index (χ0) is 14.7. The molecule has 1 N–H and O–H groups in total. The van der Waals surface area contributed by atoms with Crippen LogP contribution < -0.4 is 5.32 Å². The van der Waals surface area contributed by atoms with E-state index in [1.54, 1.807) is 24.1 Å². The molecule has 0 radical (unpaired) electrons. The van der Waals surface area contributed by atoms with Crippen LogP contribution in [0, 0.1) is 10.1 Å². The highest BCUT2D eigenvalue weighted by Crippen LogP contribution is 2.27. The minimum Gasteiger partial charge on any atom is -0.363 e. The van der Waals surface area contributed by atoms with Gasteiger partial charge in [0, 0.05) is 30.9 Å². The molecule has 0 atom stereocenters. The second kappa shape index (κ2) is 5.92. The molecule has 0 bridgehead atoms. The average molecular weight is 306 g/mol. The van der Waals surface area contributed by atoms with Crippen molar-refractivity contribution in [3.63, 3.8) is 0 Å². The van der Waals surface area contributed by atoms with Gasteiger partial charge in [-0.3, -0.25) is 0 Å². The fourth-order valence-corrected chi connectivity index (χ4v) is 2.82. The van der Waals surface area contributed by atoms with E-state index in [1.807, 2.05) is 10.8 Å². The van der Waals surface area contributed by atoms with Crippen molar-refractivity contribution in [3.8, 4) is 0 Å². The minimum absolute atomic E-state index is 0.000796. The minimum atomic E-state index is -0.402. The first kappa shape index (κ1) is 13.6. The van der Waals surface area contributed by atoms with Crippen molar-refractivity contribution >= 4 is 27.9 Å².